The highest BCUT2D eigenvalue weighted by molar-refractivity contribution is 7.87. The Morgan fingerprint density at radius 2 is 1.59 bits per heavy atom. The van der Waals surface area contributed by atoms with Gasteiger partial charge in [0.2, 0.25) is 0 Å². The summed E-state index contributed by atoms with van der Waals surface area (Å²) in [5.41, 5.74) is 3.59. The second-order valence-electron chi connectivity index (χ2n) is 9.17. The predicted octanol–water partition coefficient (Wildman–Crippen LogP) is 2.89. The second kappa shape index (κ2) is 10.1. The van der Waals surface area contributed by atoms with Gasteiger partial charge in [-0.05, 0) is 12.1 Å². The van der Waals surface area contributed by atoms with Gasteiger partial charge in [-0.3, -0.25) is 4.98 Å². The van der Waals surface area contributed by atoms with E-state index in [1.54, 1.807) is 23.0 Å². The number of nitrogens with zero attached hydrogens (tertiary/aromatic N) is 8. The molecule has 12 nitrogen and oxygen atoms in total. The van der Waals surface area contributed by atoms with Crippen LogP contribution in [-0.2, 0) is 14.9 Å². The molecule has 1 saturated heterocycles. The van der Waals surface area contributed by atoms with Gasteiger partial charge in [0.1, 0.15) is 17.5 Å². The number of hydrogen-bond acceptors (Lipinski definition) is 9. The van der Waals surface area contributed by atoms with Gasteiger partial charge >= 0.3 is 10.2 Å². The Morgan fingerprint density at radius 3 is 2.31 bits per heavy atom. The summed E-state index contributed by atoms with van der Waals surface area (Å²) >= 11 is 0. The molecule has 39 heavy (non-hydrogen) atoms. The number of fused-ring (bicyclic) bond motifs is 1. The zero-order valence-electron chi connectivity index (χ0n) is 21.5. The van der Waals surface area contributed by atoms with Crippen molar-refractivity contribution >= 4 is 33.3 Å². The number of rotatable bonds is 7. The van der Waals surface area contributed by atoms with Crippen molar-refractivity contribution in [1.82, 2.24) is 33.1 Å². The maximum absolute atomic E-state index is 13.2. The summed E-state index contributed by atoms with van der Waals surface area (Å²) in [7, 11) is -0.984. The van der Waals surface area contributed by atoms with E-state index in [1.807, 2.05) is 54.6 Å². The quantitative estimate of drug-likeness (QED) is 0.329. The fraction of sp³-hybridized carbons (Fsp3) is 0.231. The number of hydrogen-bond donors (Lipinski definition) is 1. The number of anilines is 3. The number of ether oxygens (including phenoxy) is 1. The summed E-state index contributed by atoms with van der Waals surface area (Å²) in [5, 5.41) is 12.5. The highest BCUT2D eigenvalue weighted by atomic mass is 32.2. The van der Waals surface area contributed by atoms with E-state index >= 15 is 0 Å². The van der Waals surface area contributed by atoms with Gasteiger partial charge in [-0.25, -0.2) is 4.98 Å². The highest BCUT2D eigenvalue weighted by Gasteiger charge is 2.25. The molecule has 1 aliphatic rings. The largest absolute Gasteiger partial charge is 0.378 e. The minimum absolute atomic E-state index is 0.265. The van der Waals surface area contributed by atoms with E-state index < -0.39 is 10.2 Å². The predicted molar refractivity (Wildman–Crippen MR) is 148 cm³/mol. The Hall–Kier alpha value is -4.33. The van der Waals surface area contributed by atoms with Crippen molar-refractivity contribution in [3.63, 3.8) is 0 Å². The van der Waals surface area contributed by atoms with Crippen LogP contribution in [0.5, 0.6) is 0 Å². The summed E-state index contributed by atoms with van der Waals surface area (Å²) in [6, 6.07) is 18.7. The van der Waals surface area contributed by atoms with E-state index in [2.05, 4.69) is 20.3 Å². The van der Waals surface area contributed by atoms with Gasteiger partial charge in [-0.2, -0.15) is 27.4 Å². The zero-order valence-corrected chi connectivity index (χ0v) is 22.3. The molecule has 200 valence electrons. The molecule has 5 heterocycles. The summed E-state index contributed by atoms with van der Waals surface area (Å²) in [6.07, 6.45) is 3.44. The van der Waals surface area contributed by atoms with Crippen molar-refractivity contribution in [3.8, 4) is 22.5 Å². The number of benzene rings is 1. The maximum Gasteiger partial charge on any atom is 0.324 e. The van der Waals surface area contributed by atoms with Crippen molar-refractivity contribution in [2.45, 2.75) is 0 Å². The fourth-order valence-electron chi connectivity index (χ4n) is 4.37. The van der Waals surface area contributed by atoms with Gasteiger partial charge in [0, 0.05) is 68.9 Å². The van der Waals surface area contributed by atoms with Crippen LogP contribution < -0.4 is 10.2 Å². The van der Waals surface area contributed by atoms with Crippen LogP contribution in [0.25, 0.3) is 28.2 Å². The van der Waals surface area contributed by atoms with Crippen LogP contribution in [0.2, 0.25) is 0 Å². The first kappa shape index (κ1) is 25.0. The standard InChI is InChI=1S/C26H27N9O3S/c1-32(2)39(36,37)35-25(17-22(31-35)19-6-4-3-5-7-19)29-23-18-26(33-12-14-38-15-13-33)34-24(28-23)16-21(30-34)20-8-10-27-11-9-20/h3-11,16-18H,12-15H2,1-2H3,(H,28,29). The molecule has 0 spiro atoms. The molecule has 4 aromatic heterocycles. The molecule has 13 heteroatoms. The van der Waals surface area contributed by atoms with Crippen molar-refractivity contribution in [3.05, 3.63) is 73.1 Å². The van der Waals surface area contributed by atoms with Crippen LogP contribution >= 0.6 is 0 Å². The van der Waals surface area contributed by atoms with Gasteiger partial charge in [0.05, 0.1) is 24.6 Å². The van der Waals surface area contributed by atoms with E-state index in [4.69, 9.17) is 14.8 Å². The molecule has 0 aliphatic carbocycles. The molecule has 6 rings (SSSR count). The number of aromatic nitrogens is 6. The highest BCUT2D eigenvalue weighted by Crippen LogP contribution is 2.29. The van der Waals surface area contributed by atoms with Crippen molar-refractivity contribution in [2.75, 3.05) is 50.6 Å². The van der Waals surface area contributed by atoms with E-state index in [-0.39, 0.29) is 5.82 Å². The minimum Gasteiger partial charge on any atom is -0.378 e. The van der Waals surface area contributed by atoms with E-state index in [0.29, 0.717) is 43.5 Å². The summed E-state index contributed by atoms with van der Waals surface area (Å²) in [4.78, 5) is 11.1. The summed E-state index contributed by atoms with van der Waals surface area (Å²) in [5.74, 6) is 1.54. The van der Waals surface area contributed by atoms with Crippen molar-refractivity contribution in [1.29, 1.82) is 0 Å². The lowest BCUT2D eigenvalue weighted by atomic mass is 10.2. The second-order valence-corrected chi connectivity index (χ2v) is 11.1. The summed E-state index contributed by atoms with van der Waals surface area (Å²) < 4.78 is 35.9. The smallest absolute Gasteiger partial charge is 0.324 e. The molecule has 1 aliphatic heterocycles. The maximum atomic E-state index is 13.2. The van der Waals surface area contributed by atoms with Crippen LogP contribution in [0.15, 0.2) is 73.1 Å². The van der Waals surface area contributed by atoms with Gasteiger partial charge in [-0.15, -0.1) is 4.09 Å². The topological polar surface area (TPSA) is 123 Å². The Balaban J connectivity index is 1.47. The van der Waals surface area contributed by atoms with Crippen LogP contribution in [0.3, 0.4) is 0 Å². The lowest BCUT2D eigenvalue weighted by Gasteiger charge is -2.29. The Labute approximate surface area is 225 Å². The first-order chi connectivity index (χ1) is 18.9. The van der Waals surface area contributed by atoms with Gasteiger partial charge in [0.25, 0.3) is 0 Å². The Bertz CT molecular complexity index is 1710. The molecule has 1 aromatic carbocycles. The van der Waals surface area contributed by atoms with Gasteiger partial charge in [-0.1, -0.05) is 30.3 Å². The molecule has 1 N–H and O–H groups in total. The van der Waals surface area contributed by atoms with Gasteiger partial charge in [0.15, 0.2) is 5.65 Å². The minimum atomic E-state index is -3.92. The Morgan fingerprint density at radius 1 is 0.897 bits per heavy atom. The third kappa shape index (κ3) is 4.82. The molecule has 0 bridgehead atoms. The fourth-order valence-corrected chi connectivity index (χ4v) is 5.21. The lowest BCUT2D eigenvalue weighted by molar-refractivity contribution is 0.122. The molecular formula is C26H27N9O3S. The number of morpholine rings is 1. The summed E-state index contributed by atoms with van der Waals surface area (Å²) in [6.45, 7) is 2.57. The molecule has 0 amide bonds. The van der Waals surface area contributed by atoms with Crippen LogP contribution in [0.4, 0.5) is 17.5 Å². The normalized spacial score (nSPS) is 14.3. The lowest BCUT2D eigenvalue weighted by Crippen LogP contribution is -2.37. The third-order valence-corrected chi connectivity index (χ3v) is 8.04. The van der Waals surface area contributed by atoms with E-state index in [0.717, 1.165) is 31.0 Å². The number of nitrogens with one attached hydrogen (secondary N) is 1. The van der Waals surface area contributed by atoms with Crippen LogP contribution in [0, 0.1) is 0 Å². The van der Waals surface area contributed by atoms with Gasteiger partial charge < -0.3 is 15.0 Å². The average Bonchev–Trinajstić information content (AvgIpc) is 3.59. The SMILES string of the molecule is CN(C)S(=O)(=O)n1nc(-c2ccccc2)cc1Nc1cc(N2CCOCC2)n2nc(-c3ccncc3)cc2n1. The average molecular weight is 546 g/mol. The molecule has 0 radical (unpaired) electrons. The van der Waals surface area contributed by atoms with E-state index in [1.165, 1.54) is 14.1 Å². The first-order valence-corrected chi connectivity index (χ1v) is 13.8. The monoisotopic (exact) mass is 545 g/mol. The molecule has 0 unspecified atom stereocenters. The van der Waals surface area contributed by atoms with Crippen molar-refractivity contribution < 1.29 is 13.2 Å². The Kier molecular flexibility index (Phi) is 6.46. The first-order valence-electron chi connectivity index (χ1n) is 12.4. The molecule has 5 aromatic rings. The van der Waals surface area contributed by atoms with Crippen LogP contribution in [0.1, 0.15) is 0 Å². The van der Waals surface area contributed by atoms with E-state index in [9.17, 15) is 8.42 Å². The molecular weight excluding hydrogens is 518 g/mol. The zero-order chi connectivity index (χ0) is 27.0. The van der Waals surface area contributed by atoms with Crippen molar-refractivity contribution in [2.24, 2.45) is 0 Å². The molecule has 1 fully saturated rings. The van der Waals surface area contributed by atoms with Crippen LogP contribution in [-0.4, -0.2) is 81.9 Å². The number of pyridine rings is 1. The molecule has 0 atom stereocenters. The third-order valence-electron chi connectivity index (χ3n) is 6.40. The molecule has 0 saturated carbocycles.